The average molecular weight is 412 g/mol. The lowest BCUT2D eigenvalue weighted by Crippen LogP contribution is -2.41. The summed E-state index contributed by atoms with van der Waals surface area (Å²) in [6, 6.07) is 15.4. The highest BCUT2D eigenvalue weighted by molar-refractivity contribution is 7.99. The highest BCUT2D eigenvalue weighted by Gasteiger charge is 2.23. The fraction of sp³-hybridized carbons (Fsp3) is 0.391. The van der Waals surface area contributed by atoms with Crippen molar-refractivity contribution in [3.63, 3.8) is 0 Å². The van der Waals surface area contributed by atoms with Crippen LogP contribution in [0, 0.1) is 6.92 Å². The third kappa shape index (κ3) is 5.12. The number of nitrogens with zero attached hydrogens (tertiary/aromatic N) is 2. The van der Waals surface area contributed by atoms with E-state index in [9.17, 15) is 9.59 Å². The van der Waals surface area contributed by atoms with Crippen molar-refractivity contribution < 1.29 is 9.59 Å². The Morgan fingerprint density at radius 1 is 1.07 bits per heavy atom. The highest BCUT2D eigenvalue weighted by atomic mass is 32.2. The lowest BCUT2D eigenvalue weighted by molar-refractivity contribution is -0.117. The minimum Gasteiger partial charge on any atom is -0.375 e. The molecule has 0 aliphatic carbocycles. The Morgan fingerprint density at radius 3 is 2.41 bits per heavy atom. The van der Waals surface area contributed by atoms with E-state index < -0.39 is 0 Å². The van der Waals surface area contributed by atoms with Gasteiger partial charge in [-0.2, -0.15) is 11.8 Å². The molecule has 2 amide bonds. The van der Waals surface area contributed by atoms with Crippen LogP contribution in [0.25, 0.3) is 0 Å². The monoisotopic (exact) mass is 411 g/mol. The van der Waals surface area contributed by atoms with Crippen LogP contribution >= 0.6 is 11.8 Å². The van der Waals surface area contributed by atoms with E-state index >= 15 is 0 Å². The summed E-state index contributed by atoms with van der Waals surface area (Å²) >= 11 is 1.88. The predicted octanol–water partition coefficient (Wildman–Crippen LogP) is 4.04. The molecular formula is C23H29N3O2S. The maximum Gasteiger partial charge on any atom is 0.256 e. The van der Waals surface area contributed by atoms with Gasteiger partial charge in [-0.3, -0.25) is 9.59 Å². The van der Waals surface area contributed by atoms with E-state index in [4.69, 9.17) is 0 Å². The van der Waals surface area contributed by atoms with Gasteiger partial charge < -0.3 is 15.1 Å². The SMILES string of the molecule is Cc1cccc(C(=O)N2CCSCC2)c1NCC(=O)N(c1ccccc1)C(C)C. The largest absolute Gasteiger partial charge is 0.375 e. The predicted molar refractivity (Wildman–Crippen MR) is 122 cm³/mol. The standard InChI is InChI=1S/C23H29N3O2S/c1-17(2)26(19-9-5-4-6-10-19)21(27)16-24-22-18(3)8-7-11-20(22)23(28)25-12-14-29-15-13-25/h4-11,17,24H,12-16H2,1-3H3. The Morgan fingerprint density at radius 2 is 1.76 bits per heavy atom. The Bertz CT molecular complexity index is 848. The van der Waals surface area contributed by atoms with Crippen molar-refractivity contribution in [2.45, 2.75) is 26.8 Å². The quantitative estimate of drug-likeness (QED) is 0.780. The molecule has 0 unspecified atom stereocenters. The number of aryl methyl sites for hydroxylation is 1. The van der Waals surface area contributed by atoms with Gasteiger partial charge in [0, 0.05) is 36.3 Å². The number of anilines is 2. The van der Waals surface area contributed by atoms with Gasteiger partial charge in [0.05, 0.1) is 17.8 Å². The van der Waals surface area contributed by atoms with Crippen molar-refractivity contribution in [2.24, 2.45) is 0 Å². The molecule has 1 aliphatic rings. The van der Waals surface area contributed by atoms with Crippen molar-refractivity contribution in [3.05, 3.63) is 59.7 Å². The molecule has 5 nitrogen and oxygen atoms in total. The summed E-state index contributed by atoms with van der Waals surface area (Å²) < 4.78 is 0. The van der Waals surface area contributed by atoms with Crippen LogP contribution < -0.4 is 10.2 Å². The normalized spacial score (nSPS) is 14.0. The molecule has 3 rings (SSSR count). The van der Waals surface area contributed by atoms with E-state index in [2.05, 4.69) is 5.32 Å². The Hall–Kier alpha value is -2.47. The minimum absolute atomic E-state index is 0.0257. The van der Waals surface area contributed by atoms with Crippen molar-refractivity contribution in [1.29, 1.82) is 0 Å². The molecule has 6 heteroatoms. The minimum atomic E-state index is -0.0257. The van der Waals surface area contributed by atoms with E-state index in [0.717, 1.165) is 41.5 Å². The summed E-state index contributed by atoms with van der Waals surface area (Å²) in [7, 11) is 0. The second kappa shape index (κ2) is 9.83. The third-order valence-corrected chi connectivity index (χ3v) is 5.98. The van der Waals surface area contributed by atoms with Crippen LogP contribution in [0.2, 0.25) is 0 Å². The Labute approximate surface area is 177 Å². The van der Waals surface area contributed by atoms with Gasteiger partial charge >= 0.3 is 0 Å². The molecule has 2 aromatic rings. The van der Waals surface area contributed by atoms with Crippen LogP contribution in [0.15, 0.2) is 48.5 Å². The number of nitrogens with one attached hydrogen (secondary N) is 1. The second-order valence-electron chi connectivity index (χ2n) is 7.45. The lowest BCUT2D eigenvalue weighted by Gasteiger charge is -2.29. The van der Waals surface area contributed by atoms with E-state index in [1.807, 2.05) is 86.0 Å². The molecule has 0 radical (unpaired) electrons. The molecule has 0 aromatic heterocycles. The van der Waals surface area contributed by atoms with Crippen LogP contribution in [0.1, 0.15) is 29.8 Å². The summed E-state index contributed by atoms with van der Waals surface area (Å²) in [6.45, 7) is 7.64. The molecule has 29 heavy (non-hydrogen) atoms. The summed E-state index contributed by atoms with van der Waals surface area (Å²) in [5, 5.41) is 3.26. The van der Waals surface area contributed by atoms with Gasteiger partial charge in [0.1, 0.15) is 0 Å². The molecule has 154 valence electrons. The summed E-state index contributed by atoms with van der Waals surface area (Å²) in [6.07, 6.45) is 0. The maximum atomic E-state index is 13.1. The van der Waals surface area contributed by atoms with E-state index in [0.29, 0.717) is 5.56 Å². The number of carbonyl (C=O) groups excluding carboxylic acids is 2. The molecule has 2 aromatic carbocycles. The maximum absolute atomic E-state index is 13.1. The number of benzene rings is 2. The summed E-state index contributed by atoms with van der Waals surface area (Å²) in [4.78, 5) is 29.8. The van der Waals surface area contributed by atoms with Gasteiger partial charge in [-0.05, 0) is 44.5 Å². The smallest absolute Gasteiger partial charge is 0.256 e. The number of para-hydroxylation sites is 2. The lowest BCUT2D eigenvalue weighted by atomic mass is 10.1. The highest BCUT2D eigenvalue weighted by Crippen LogP contribution is 2.24. The summed E-state index contributed by atoms with van der Waals surface area (Å²) in [5.74, 6) is 1.95. The van der Waals surface area contributed by atoms with E-state index in [1.165, 1.54) is 0 Å². The molecule has 0 spiro atoms. The summed E-state index contributed by atoms with van der Waals surface area (Å²) in [5.41, 5.74) is 3.23. The fourth-order valence-electron chi connectivity index (χ4n) is 3.59. The molecule has 0 saturated carbocycles. The van der Waals surface area contributed by atoms with Crippen LogP contribution in [-0.2, 0) is 4.79 Å². The first-order valence-corrected chi connectivity index (χ1v) is 11.2. The van der Waals surface area contributed by atoms with Gasteiger partial charge in [0.15, 0.2) is 0 Å². The van der Waals surface area contributed by atoms with Crippen molar-refractivity contribution in [2.75, 3.05) is 41.4 Å². The molecule has 1 aliphatic heterocycles. The fourth-order valence-corrected chi connectivity index (χ4v) is 4.49. The van der Waals surface area contributed by atoms with Gasteiger partial charge in [-0.25, -0.2) is 0 Å². The first-order chi connectivity index (χ1) is 14.0. The second-order valence-corrected chi connectivity index (χ2v) is 8.67. The number of hydrogen-bond donors (Lipinski definition) is 1. The molecule has 1 fully saturated rings. The zero-order valence-electron chi connectivity index (χ0n) is 17.4. The zero-order valence-corrected chi connectivity index (χ0v) is 18.2. The molecule has 1 heterocycles. The number of thioether (sulfide) groups is 1. The van der Waals surface area contributed by atoms with Gasteiger partial charge in [0.25, 0.3) is 5.91 Å². The Kier molecular flexibility index (Phi) is 7.20. The zero-order chi connectivity index (χ0) is 20.8. The topological polar surface area (TPSA) is 52.7 Å². The first kappa shape index (κ1) is 21.2. The number of rotatable bonds is 6. The van der Waals surface area contributed by atoms with Gasteiger partial charge in [-0.15, -0.1) is 0 Å². The van der Waals surface area contributed by atoms with E-state index in [1.54, 1.807) is 4.90 Å². The van der Waals surface area contributed by atoms with Crippen LogP contribution in [0.4, 0.5) is 11.4 Å². The van der Waals surface area contributed by atoms with Crippen LogP contribution in [0.3, 0.4) is 0 Å². The molecular weight excluding hydrogens is 382 g/mol. The van der Waals surface area contributed by atoms with Crippen LogP contribution in [0.5, 0.6) is 0 Å². The number of hydrogen-bond acceptors (Lipinski definition) is 4. The van der Waals surface area contributed by atoms with Crippen molar-refractivity contribution in [1.82, 2.24) is 4.90 Å². The van der Waals surface area contributed by atoms with Crippen LogP contribution in [-0.4, -0.2) is 53.9 Å². The first-order valence-electron chi connectivity index (χ1n) is 10.1. The molecule has 0 atom stereocenters. The Balaban J connectivity index is 1.77. The molecule has 0 bridgehead atoms. The van der Waals surface area contributed by atoms with E-state index in [-0.39, 0.29) is 24.4 Å². The number of carbonyl (C=O) groups is 2. The molecule has 1 saturated heterocycles. The molecule has 1 N–H and O–H groups in total. The van der Waals surface area contributed by atoms with Crippen molar-refractivity contribution in [3.8, 4) is 0 Å². The van der Waals surface area contributed by atoms with Crippen molar-refractivity contribution >= 4 is 35.0 Å². The third-order valence-electron chi connectivity index (χ3n) is 5.04. The number of amides is 2. The van der Waals surface area contributed by atoms with Gasteiger partial charge in [-0.1, -0.05) is 30.3 Å². The van der Waals surface area contributed by atoms with Gasteiger partial charge in [0.2, 0.25) is 5.91 Å². The average Bonchev–Trinajstić information content (AvgIpc) is 2.73.